The summed E-state index contributed by atoms with van der Waals surface area (Å²) in [4.78, 5) is 14.5. The molecule has 0 bridgehead atoms. The summed E-state index contributed by atoms with van der Waals surface area (Å²) >= 11 is 0. The average Bonchev–Trinajstić information content (AvgIpc) is 2.43. The first-order valence-corrected chi connectivity index (χ1v) is 9.70. The van der Waals surface area contributed by atoms with E-state index in [-0.39, 0.29) is 17.9 Å². The van der Waals surface area contributed by atoms with Gasteiger partial charge in [0.2, 0.25) is 15.9 Å². The second-order valence-electron chi connectivity index (χ2n) is 5.85. The van der Waals surface area contributed by atoms with Crippen molar-refractivity contribution in [2.45, 2.75) is 45.6 Å². The Morgan fingerprint density at radius 1 is 1.38 bits per heavy atom. The van der Waals surface area contributed by atoms with E-state index in [1.165, 1.54) is 0 Å². The van der Waals surface area contributed by atoms with E-state index in [1.807, 2.05) is 18.7 Å². The van der Waals surface area contributed by atoms with Crippen molar-refractivity contribution < 1.29 is 13.2 Å². The van der Waals surface area contributed by atoms with Crippen LogP contribution in [0.5, 0.6) is 0 Å². The van der Waals surface area contributed by atoms with Crippen molar-refractivity contribution in [3.8, 4) is 0 Å². The molecule has 0 spiro atoms. The van der Waals surface area contributed by atoms with Gasteiger partial charge >= 0.3 is 0 Å². The Bertz CT molecular complexity index is 425. The number of amides is 1. The van der Waals surface area contributed by atoms with E-state index in [0.717, 1.165) is 38.6 Å². The van der Waals surface area contributed by atoms with Crippen LogP contribution in [0.15, 0.2) is 0 Å². The van der Waals surface area contributed by atoms with Crippen LogP contribution in [0.25, 0.3) is 0 Å². The van der Waals surface area contributed by atoms with E-state index in [0.29, 0.717) is 19.5 Å². The van der Waals surface area contributed by atoms with E-state index < -0.39 is 10.0 Å². The SMILES string of the molecule is CCNCC(C)C(=O)N1CCCCC1CCNS(C)(=O)=O. The molecule has 0 aromatic heterocycles. The van der Waals surface area contributed by atoms with Crippen molar-refractivity contribution in [3.63, 3.8) is 0 Å². The highest BCUT2D eigenvalue weighted by Crippen LogP contribution is 2.21. The number of carbonyl (C=O) groups is 1. The maximum absolute atomic E-state index is 12.5. The minimum atomic E-state index is -3.15. The van der Waals surface area contributed by atoms with Gasteiger partial charge in [-0.3, -0.25) is 4.79 Å². The monoisotopic (exact) mass is 319 g/mol. The molecule has 1 heterocycles. The third-order valence-corrected chi connectivity index (χ3v) is 4.60. The lowest BCUT2D eigenvalue weighted by molar-refractivity contribution is -0.138. The zero-order chi connectivity index (χ0) is 15.9. The fourth-order valence-corrected chi connectivity index (χ4v) is 3.22. The third kappa shape index (κ3) is 6.76. The molecule has 1 aliphatic rings. The van der Waals surface area contributed by atoms with Crippen molar-refractivity contribution in [3.05, 3.63) is 0 Å². The standard InChI is InChI=1S/C14H29N3O3S/c1-4-15-11-12(2)14(18)17-10-6-5-7-13(17)8-9-16-21(3,19)20/h12-13,15-16H,4-11H2,1-3H3. The topological polar surface area (TPSA) is 78.5 Å². The molecule has 1 fully saturated rings. The summed E-state index contributed by atoms with van der Waals surface area (Å²) in [5.74, 6) is 0.147. The Kier molecular flexibility index (Phi) is 7.62. The van der Waals surface area contributed by atoms with E-state index in [1.54, 1.807) is 0 Å². The van der Waals surface area contributed by atoms with E-state index in [2.05, 4.69) is 10.0 Å². The molecule has 0 aromatic rings. The summed E-state index contributed by atoms with van der Waals surface area (Å²) in [5.41, 5.74) is 0. The van der Waals surface area contributed by atoms with Crippen molar-refractivity contribution in [2.24, 2.45) is 5.92 Å². The van der Waals surface area contributed by atoms with Gasteiger partial charge in [-0.1, -0.05) is 13.8 Å². The first-order chi connectivity index (χ1) is 9.85. The zero-order valence-corrected chi connectivity index (χ0v) is 14.2. The number of nitrogens with one attached hydrogen (secondary N) is 2. The van der Waals surface area contributed by atoms with Crippen molar-refractivity contribution in [1.82, 2.24) is 14.9 Å². The minimum Gasteiger partial charge on any atom is -0.339 e. The Morgan fingerprint density at radius 3 is 2.71 bits per heavy atom. The number of sulfonamides is 1. The predicted molar refractivity (Wildman–Crippen MR) is 84.5 cm³/mol. The molecule has 124 valence electrons. The summed E-state index contributed by atoms with van der Waals surface area (Å²) < 4.78 is 24.7. The summed E-state index contributed by atoms with van der Waals surface area (Å²) in [6.45, 7) is 6.72. The molecule has 1 amide bonds. The number of hydrogen-bond donors (Lipinski definition) is 2. The van der Waals surface area contributed by atoms with Crippen LogP contribution in [0, 0.1) is 5.92 Å². The van der Waals surface area contributed by atoms with Gasteiger partial charge in [0.05, 0.1) is 6.26 Å². The summed E-state index contributed by atoms with van der Waals surface area (Å²) in [5, 5.41) is 3.21. The molecule has 2 N–H and O–H groups in total. The van der Waals surface area contributed by atoms with Gasteiger partial charge in [-0.2, -0.15) is 0 Å². The maximum atomic E-state index is 12.5. The van der Waals surface area contributed by atoms with Crippen LogP contribution in [0.4, 0.5) is 0 Å². The summed E-state index contributed by atoms with van der Waals surface area (Å²) in [6, 6.07) is 0.157. The molecule has 7 heteroatoms. The molecule has 0 aromatic carbocycles. The summed E-state index contributed by atoms with van der Waals surface area (Å²) in [7, 11) is -3.15. The van der Waals surface area contributed by atoms with Gasteiger partial charge in [-0.05, 0) is 32.2 Å². The third-order valence-electron chi connectivity index (χ3n) is 3.87. The molecular formula is C14H29N3O3S. The van der Waals surface area contributed by atoms with Gasteiger partial charge in [0.1, 0.15) is 0 Å². The second-order valence-corrected chi connectivity index (χ2v) is 7.68. The van der Waals surface area contributed by atoms with Gasteiger partial charge < -0.3 is 10.2 Å². The number of piperidine rings is 1. The number of carbonyl (C=O) groups excluding carboxylic acids is 1. The Balaban J connectivity index is 2.53. The first-order valence-electron chi connectivity index (χ1n) is 7.81. The molecular weight excluding hydrogens is 290 g/mol. The van der Waals surface area contributed by atoms with Crippen LogP contribution in [0.1, 0.15) is 39.5 Å². The normalized spacial score (nSPS) is 21.3. The van der Waals surface area contributed by atoms with E-state index in [4.69, 9.17) is 0 Å². The molecule has 6 nitrogen and oxygen atoms in total. The number of hydrogen-bond acceptors (Lipinski definition) is 4. The molecule has 1 saturated heterocycles. The Labute approximate surface area is 128 Å². The van der Waals surface area contributed by atoms with Gasteiger partial charge in [0.25, 0.3) is 0 Å². The molecule has 1 aliphatic heterocycles. The van der Waals surface area contributed by atoms with Crippen LogP contribution >= 0.6 is 0 Å². The van der Waals surface area contributed by atoms with Crippen LogP contribution in [-0.4, -0.2) is 57.7 Å². The largest absolute Gasteiger partial charge is 0.339 e. The molecule has 2 unspecified atom stereocenters. The molecule has 0 radical (unpaired) electrons. The van der Waals surface area contributed by atoms with Crippen LogP contribution in [0.3, 0.4) is 0 Å². The Morgan fingerprint density at radius 2 is 2.10 bits per heavy atom. The smallest absolute Gasteiger partial charge is 0.226 e. The highest BCUT2D eigenvalue weighted by Gasteiger charge is 2.29. The van der Waals surface area contributed by atoms with Crippen LogP contribution < -0.4 is 10.0 Å². The van der Waals surface area contributed by atoms with Gasteiger partial charge in [-0.15, -0.1) is 0 Å². The minimum absolute atomic E-state index is 0.0339. The molecule has 2 atom stereocenters. The number of likely N-dealkylation sites (tertiary alicyclic amines) is 1. The van der Waals surface area contributed by atoms with Crippen LogP contribution in [0.2, 0.25) is 0 Å². The molecule has 1 rings (SSSR count). The van der Waals surface area contributed by atoms with Crippen molar-refractivity contribution >= 4 is 15.9 Å². The lowest BCUT2D eigenvalue weighted by Crippen LogP contribution is -2.48. The zero-order valence-electron chi connectivity index (χ0n) is 13.4. The first kappa shape index (κ1) is 18.4. The van der Waals surface area contributed by atoms with Gasteiger partial charge in [-0.25, -0.2) is 13.1 Å². The lowest BCUT2D eigenvalue weighted by Gasteiger charge is -2.37. The quantitative estimate of drug-likeness (QED) is 0.685. The predicted octanol–water partition coefficient (Wildman–Crippen LogP) is 0.552. The van der Waals surface area contributed by atoms with Gasteiger partial charge in [0, 0.05) is 31.6 Å². The summed E-state index contributed by atoms with van der Waals surface area (Å²) in [6.07, 6.45) is 4.96. The fourth-order valence-electron chi connectivity index (χ4n) is 2.73. The average molecular weight is 319 g/mol. The second kappa shape index (κ2) is 8.70. The van der Waals surface area contributed by atoms with Crippen molar-refractivity contribution in [1.29, 1.82) is 0 Å². The van der Waals surface area contributed by atoms with E-state index in [9.17, 15) is 13.2 Å². The highest BCUT2D eigenvalue weighted by atomic mass is 32.2. The van der Waals surface area contributed by atoms with Crippen molar-refractivity contribution in [2.75, 3.05) is 32.4 Å². The molecule has 0 saturated carbocycles. The number of nitrogens with zero attached hydrogens (tertiary/aromatic N) is 1. The van der Waals surface area contributed by atoms with E-state index >= 15 is 0 Å². The van der Waals surface area contributed by atoms with Gasteiger partial charge in [0.15, 0.2) is 0 Å². The number of rotatable bonds is 8. The molecule has 0 aliphatic carbocycles. The maximum Gasteiger partial charge on any atom is 0.226 e. The fraction of sp³-hybridized carbons (Fsp3) is 0.929. The lowest BCUT2D eigenvalue weighted by atomic mass is 9.97. The Hall–Kier alpha value is -0.660. The highest BCUT2D eigenvalue weighted by molar-refractivity contribution is 7.88. The van der Waals surface area contributed by atoms with Crippen LogP contribution in [-0.2, 0) is 14.8 Å². The molecule has 21 heavy (non-hydrogen) atoms.